The maximum absolute atomic E-state index is 12.4. The first-order chi connectivity index (χ1) is 7.12. The van der Waals surface area contributed by atoms with Crippen LogP contribution in [-0.4, -0.2) is 37.0 Å². The van der Waals surface area contributed by atoms with Crippen LogP contribution in [0.2, 0.25) is 0 Å². The highest BCUT2D eigenvalue weighted by molar-refractivity contribution is 5.82. The van der Waals surface area contributed by atoms with E-state index in [1.165, 1.54) is 6.42 Å². The molecule has 2 aliphatic rings. The Morgan fingerprint density at radius 1 is 1.40 bits per heavy atom. The van der Waals surface area contributed by atoms with Gasteiger partial charge in [-0.15, -0.1) is 0 Å². The summed E-state index contributed by atoms with van der Waals surface area (Å²) in [5.74, 6) is 1.09. The van der Waals surface area contributed by atoms with Crippen LogP contribution in [0.15, 0.2) is 0 Å². The number of nitrogens with one attached hydrogen (secondary N) is 1. The normalized spacial score (nSPS) is 30.5. The third kappa shape index (κ3) is 2.17. The second-order valence-corrected chi connectivity index (χ2v) is 5.46. The molecule has 3 nitrogen and oxygen atoms in total. The van der Waals surface area contributed by atoms with Gasteiger partial charge in [-0.05, 0) is 38.3 Å². The maximum Gasteiger partial charge on any atom is 0.228 e. The Bertz CT molecular complexity index is 246. The van der Waals surface area contributed by atoms with Crippen molar-refractivity contribution >= 4 is 5.91 Å². The Balaban J connectivity index is 1.99. The standard InChI is InChI=1S/C12H22N2O/c1-10-3-8-14(9-10)11(15)12(2)4-6-13-7-5-12/h10,13H,3-9H2,1-2H3. The Morgan fingerprint density at radius 3 is 2.60 bits per heavy atom. The molecule has 3 heteroatoms. The zero-order chi connectivity index (χ0) is 10.9. The van der Waals surface area contributed by atoms with Gasteiger partial charge < -0.3 is 10.2 Å². The van der Waals surface area contributed by atoms with E-state index in [4.69, 9.17) is 0 Å². The predicted octanol–water partition coefficient (Wildman–Crippen LogP) is 1.24. The van der Waals surface area contributed by atoms with Crippen LogP contribution in [0.1, 0.15) is 33.1 Å². The lowest BCUT2D eigenvalue weighted by molar-refractivity contribution is -0.141. The van der Waals surface area contributed by atoms with E-state index < -0.39 is 0 Å². The van der Waals surface area contributed by atoms with Crippen LogP contribution >= 0.6 is 0 Å². The van der Waals surface area contributed by atoms with Crippen molar-refractivity contribution in [1.82, 2.24) is 10.2 Å². The number of carbonyl (C=O) groups excluding carboxylic acids is 1. The molecule has 1 amide bonds. The van der Waals surface area contributed by atoms with Crippen LogP contribution < -0.4 is 5.32 Å². The summed E-state index contributed by atoms with van der Waals surface area (Å²) in [5, 5.41) is 3.32. The second-order valence-electron chi connectivity index (χ2n) is 5.46. The SMILES string of the molecule is CC1CCN(C(=O)C2(C)CCNCC2)C1. The van der Waals surface area contributed by atoms with E-state index in [2.05, 4.69) is 24.1 Å². The Hall–Kier alpha value is -0.570. The van der Waals surface area contributed by atoms with Crippen LogP contribution in [0.5, 0.6) is 0 Å². The van der Waals surface area contributed by atoms with E-state index in [-0.39, 0.29) is 5.41 Å². The summed E-state index contributed by atoms with van der Waals surface area (Å²) in [6.45, 7) is 8.30. The molecule has 0 aliphatic carbocycles. The predicted molar refractivity (Wildman–Crippen MR) is 60.6 cm³/mol. The molecule has 2 heterocycles. The Labute approximate surface area is 92.2 Å². The molecule has 0 saturated carbocycles. The van der Waals surface area contributed by atoms with E-state index in [0.717, 1.165) is 39.0 Å². The molecular formula is C12H22N2O. The van der Waals surface area contributed by atoms with E-state index >= 15 is 0 Å². The number of hydrogen-bond acceptors (Lipinski definition) is 2. The van der Waals surface area contributed by atoms with Crippen molar-refractivity contribution in [2.24, 2.45) is 11.3 Å². The summed E-state index contributed by atoms with van der Waals surface area (Å²) in [4.78, 5) is 14.4. The van der Waals surface area contributed by atoms with Crippen LogP contribution in [0.4, 0.5) is 0 Å². The molecule has 15 heavy (non-hydrogen) atoms. The number of hydrogen-bond donors (Lipinski definition) is 1. The monoisotopic (exact) mass is 210 g/mol. The number of piperidine rings is 1. The van der Waals surface area contributed by atoms with Crippen molar-refractivity contribution in [2.75, 3.05) is 26.2 Å². The lowest BCUT2D eigenvalue weighted by Crippen LogP contribution is -2.47. The van der Waals surface area contributed by atoms with Gasteiger partial charge in [0.1, 0.15) is 0 Å². The van der Waals surface area contributed by atoms with Gasteiger partial charge in [0.2, 0.25) is 5.91 Å². The second kappa shape index (κ2) is 4.12. The Kier molecular flexibility index (Phi) is 3.01. The van der Waals surface area contributed by atoms with Gasteiger partial charge in [0.25, 0.3) is 0 Å². The number of amides is 1. The van der Waals surface area contributed by atoms with Gasteiger partial charge in [0, 0.05) is 18.5 Å². The van der Waals surface area contributed by atoms with Crippen molar-refractivity contribution in [3.63, 3.8) is 0 Å². The lowest BCUT2D eigenvalue weighted by Gasteiger charge is -2.36. The number of likely N-dealkylation sites (tertiary alicyclic amines) is 1. The highest BCUT2D eigenvalue weighted by atomic mass is 16.2. The third-order valence-electron chi connectivity index (χ3n) is 3.93. The molecule has 0 aromatic carbocycles. The minimum absolute atomic E-state index is 0.0880. The molecule has 2 aliphatic heterocycles. The van der Waals surface area contributed by atoms with Gasteiger partial charge in [-0.1, -0.05) is 13.8 Å². The molecule has 0 aromatic heterocycles. The van der Waals surface area contributed by atoms with Gasteiger partial charge >= 0.3 is 0 Å². The number of nitrogens with zero attached hydrogens (tertiary/aromatic N) is 1. The quantitative estimate of drug-likeness (QED) is 0.706. The molecule has 1 N–H and O–H groups in total. The summed E-state index contributed by atoms with van der Waals surface area (Å²) in [6.07, 6.45) is 3.17. The zero-order valence-corrected chi connectivity index (χ0v) is 9.88. The first kappa shape index (κ1) is 10.9. The number of rotatable bonds is 1. The minimum Gasteiger partial charge on any atom is -0.342 e. The molecule has 1 unspecified atom stereocenters. The summed E-state index contributed by atoms with van der Waals surface area (Å²) >= 11 is 0. The molecule has 2 fully saturated rings. The molecule has 0 spiro atoms. The first-order valence-corrected chi connectivity index (χ1v) is 6.12. The largest absolute Gasteiger partial charge is 0.342 e. The van der Waals surface area contributed by atoms with Gasteiger partial charge in [-0.3, -0.25) is 4.79 Å². The van der Waals surface area contributed by atoms with Crippen molar-refractivity contribution < 1.29 is 4.79 Å². The molecule has 0 aromatic rings. The number of carbonyl (C=O) groups is 1. The van der Waals surface area contributed by atoms with E-state index in [1.807, 2.05) is 0 Å². The first-order valence-electron chi connectivity index (χ1n) is 6.12. The van der Waals surface area contributed by atoms with Crippen molar-refractivity contribution in [3.8, 4) is 0 Å². The van der Waals surface area contributed by atoms with Crippen molar-refractivity contribution in [2.45, 2.75) is 33.1 Å². The molecule has 0 bridgehead atoms. The third-order valence-corrected chi connectivity index (χ3v) is 3.93. The van der Waals surface area contributed by atoms with Gasteiger partial charge in [0.15, 0.2) is 0 Å². The topological polar surface area (TPSA) is 32.3 Å². The van der Waals surface area contributed by atoms with Crippen LogP contribution in [0, 0.1) is 11.3 Å². The van der Waals surface area contributed by atoms with Gasteiger partial charge in [-0.25, -0.2) is 0 Å². The summed E-state index contributed by atoms with van der Waals surface area (Å²) in [6, 6.07) is 0. The fourth-order valence-electron chi connectivity index (χ4n) is 2.69. The summed E-state index contributed by atoms with van der Waals surface area (Å²) < 4.78 is 0. The summed E-state index contributed by atoms with van der Waals surface area (Å²) in [7, 11) is 0. The molecular weight excluding hydrogens is 188 g/mol. The van der Waals surface area contributed by atoms with Crippen LogP contribution in [0.25, 0.3) is 0 Å². The summed E-state index contributed by atoms with van der Waals surface area (Å²) in [5.41, 5.74) is -0.0880. The zero-order valence-electron chi connectivity index (χ0n) is 9.88. The highest BCUT2D eigenvalue weighted by Crippen LogP contribution is 2.32. The minimum atomic E-state index is -0.0880. The van der Waals surface area contributed by atoms with Gasteiger partial charge in [-0.2, -0.15) is 0 Å². The smallest absolute Gasteiger partial charge is 0.228 e. The highest BCUT2D eigenvalue weighted by Gasteiger charge is 2.39. The van der Waals surface area contributed by atoms with Gasteiger partial charge in [0.05, 0.1) is 0 Å². The molecule has 86 valence electrons. The van der Waals surface area contributed by atoms with E-state index in [9.17, 15) is 4.79 Å². The molecule has 2 rings (SSSR count). The molecule has 0 radical (unpaired) electrons. The van der Waals surface area contributed by atoms with E-state index in [1.54, 1.807) is 0 Å². The van der Waals surface area contributed by atoms with Crippen molar-refractivity contribution in [3.05, 3.63) is 0 Å². The maximum atomic E-state index is 12.4. The fraction of sp³-hybridized carbons (Fsp3) is 0.917. The Morgan fingerprint density at radius 2 is 2.07 bits per heavy atom. The van der Waals surface area contributed by atoms with Crippen LogP contribution in [-0.2, 0) is 4.79 Å². The molecule has 2 saturated heterocycles. The lowest BCUT2D eigenvalue weighted by atomic mass is 9.79. The van der Waals surface area contributed by atoms with Crippen LogP contribution in [0.3, 0.4) is 0 Å². The average Bonchev–Trinajstić information content (AvgIpc) is 2.65. The molecule has 1 atom stereocenters. The van der Waals surface area contributed by atoms with E-state index in [0.29, 0.717) is 11.8 Å². The van der Waals surface area contributed by atoms with Crippen molar-refractivity contribution in [1.29, 1.82) is 0 Å². The average molecular weight is 210 g/mol. The fourth-order valence-corrected chi connectivity index (χ4v) is 2.69.